The summed E-state index contributed by atoms with van der Waals surface area (Å²) >= 11 is 1.80. The molecule has 0 spiro atoms. The molecule has 1 aromatic heterocycles. The van der Waals surface area contributed by atoms with Gasteiger partial charge in [-0.25, -0.2) is 4.98 Å². The molecular formula is C8H14N2S. The summed E-state index contributed by atoms with van der Waals surface area (Å²) in [6.45, 7) is 6.37. The van der Waals surface area contributed by atoms with Crippen LogP contribution in [0.4, 0.5) is 0 Å². The zero-order chi connectivity index (χ0) is 8.43. The molecule has 0 atom stereocenters. The topological polar surface area (TPSA) is 17.8 Å². The van der Waals surface area contributed by atoms with Gasteiger partial charge in [0.1, 0.15) is 0 Å². The number of aromatic nitrogens is 2. The molecule has 0 bridgehead atoms. The highest BCUT2D eigenvalue weighted by atomic mass is 32.2. The van der Waals surface area contributed by atoms with Crippen LogP contribution in [0, 0.1) is 6.92 Å². The highest BCUT2D eigenvalue weighted by Crippen LogP contribution is 2.20. The van der Waals surface area contributed by atoms with Crippen LogP contribution in [0.3, 0.4) is 0 Å². The summed E-state index contributed by atoms with van der Waals surface area (Å²) in [4.78, 5) is 4.38. The number of imidazole rings is 1. The molecule has 0 aliphatic carbocycles. The first-order valence-corrected chi connectivity index (χ1v) is 4.64. The molecule has 0 unspecified atom stereocenters. The van der Waals surface area contributed by atoms with Gasteiger partial charge in [-0.3, -0.25) is 0 Å². The third kappa shape index (κ3) is 2.26. The van der Waals surface area contributed by atoms with Crippen LogP contribution in [0.15, 0.2) is 11.4 Å². The number of hydrogen-bond acceptors (Lipinski definition) is 2. The van der Waals surface area contributed by atoms with E-state index in [-0.39, 0.29) is 0 Å². The van der Waals surface area contributed by atoms with Gasteiger partial charge in [0.05, 0.1) is 5.69 Å². The molecule has 3 heteroatoms. The highest BCUT2D eigenvalue weighted by molar-refractivity contribution is 7.99. The summed E-state index contributed by atoms with van der Waals surface area (Å²) in [7, 11) is 2.03. The lowest BCUT2D eigenvalue weighted by molar-refractivity contribution is 0.786. The maximum absolute atomic E-state index is 4.38. The standard InChI is InChI=1S/C8H14N2S/c1-6(2)11-8-9-7(3)5-10(8)4/h5-6H,1-4H3. The van der Waals surface area contributed by atoms with Crippen LogP contribution >= 0.6 is 11.8 Å². The molecule has 0 aliphatic heterocycles. The maximum Gasteiger partial charge on any atom is 0.168 e. The van der Waals surface area contributed by atoms with Crippen molar-refractivity contribution in [3.05, 3.63) is 11.9 Å². The van der Waals surface area contributed by atoms with Crippen molar-refractivity contribution in [2.24, 2.45) is 7.05 Å². The normalized spacial score (nSPS) is 11.0. The summed E-state index contributed by atoms with van der Waals surface area (Å²) in [6.07, 6.45) is 2.05. The highest BCUT2D eigenvalue weighted by Gasteiger charge is 2.04. The van der Waals surface area contributed by atoms with Gasteiger partial charge in [-0.1, -0.05) is 25.6 Å². The van der Waals surface area contributed by atoms with E-state index in [0.29, 0.717) is 5.25 Å². The van der Waals surface area contributed by atoms with Crippen LogP contribution in [0.2, 0.25) is 0 Å². The van der Waals surface area contributed by atoms with Crippen molar-refractivity contribution in [2.45, 2.75) is 31.2 Å². The molecule has 11 heavy (non-hydrogen) atoms. The molecule has 0 fully saturated rings. The second kappa shape index (κ2) is 3.30. The van der Waals surface area contributed by atoms with E-state index in [1.165, 1.54) is 0 Å². The van der Waals surface area contributed by atoms with E-state index in [2.05, 4.69) is 23.4 Å². The predicted molar refractivity (Wildman–Crippen MR) is 48.9 cm³/mol. The smallest absolute Gasteiger partial charge is 0.168 e. The molecule has 62 valence electrons. The van der Waals surface area contributed by atoms with Crippen LogP contribution in [-0.4, -0.2) is 14.8 Å². The zero-order valence-electron chi connectivity index (χ0n) is 7.46. The Balaban J connectivity index is 2.77. The molecule has 1 rings (SSSR count). The van der Waals surface area contributed by atoms with E-state index in [0.717, 1.165) is 10.9 Å². The third-order valence-corrected chi connectivity index (χ3v) is 2.36. The van der Waals surface area contributed by atoms with E-state index in [9.17, 15) is 0 Å². The van der Waals surface area contributed by atoms with Crippen molar-refractivity contribution in [1.29, 1.82) is 0 Å². The van der Waals surface area contributed by atoms with Crippen molar-refractivity contribution >= 4 is 11.8 Å². The lowest BCUT2D eigenvalue weighted by Crippen LogP contribution is -1.93. The van der Waals surface area contributed by atoms with Gasteiger partial charge in [0.15, 0.2) is 5.16 Å². The van der Waals surface area contributed by atoms with Crippen molar-refractivity contribution in [3.63, 3.8) is 0 Å². The average Bonchev–Trinajstić information content (AvgIpc) is 2.09. The lowest BCUT2D eigenvalue weighted by Gasteiger charge is -2.02. The Bertz CT molecular complexity index is 240. The Morgan fingerprint density at radius 1 is 1.55 bits per heavy atom. The lowest BCUT2D eigenvalue weighted by atomic mass is 10.6. The van der Waals surface area contributed by atoms with E-state index < -0.39 is 0 Å². The molecule has 1 heterocycles. The summed E-state index contributed by atoms with van der Waals surface area (Å²) in [5.74, 6) is 0. The largest absolute Gasteiger partial charge is 0.329 e. The van der Waals surface area contributed by atoms with Gasteiger partial charge in [-0.05, 0) is 6.92 Å². The molecular weight excluding hydrogens is 156 g/mol. The monoisotopic (exact) mass is 170 g/mol. The fourth-order valence-electron chi connectivity index (χ4n) is 0.914. The Hall–Kier alpha value is -0.440. The average molecular weight is 170 g/mol. The van der Waals surface area contributed by atoms with Crippen LogP contribution in [0.25, 0.3) is 0 Å². The van der Waals surface area contributed by atoms with Gasteiger partial charge in [0.2, 0.25) is 0 Å². The number of hydrogen-bond donors (Lipinski definition) is 0. The Morgan fingerprint density at radius 3 is 2.55 bits per heavy atom. The van der Waals surface area contributed by atoms with Gasteiger partial charge < -0.3 is 4.57 Å². The van der Waals surface area contributed by atoms with Crippen molar-refractivity contribution in [3.8, 4) is 0 Å². The second-order valence-electron chi connectivity index (χ2n) is 2.94. The fraction of sp³-hybridized carbons (Fsp3) is 0.625. The van der Waals surface area contributed by atoms with Crippen molar-refractivity contribution in [1.82, 2.24) is 9.55 Å². The molecule has 0 aromatic carbocycles. The van der Waals surface area contributed by atoms with Gasteiger partial charge in [0.25, 0.3) is 0 Å². The first-order chi connectivity index (χ1) is 5.09. The van der Waals surface area contributed by atoms with E-state index in [4.69, 9.17) is 0 Å². The summed E-state index contributed by atoms with van der Waals surface area (Å²) in [6, 6.07) is 0. The van der Waals surface area contributed by atoms with Crippen LogP contribution in [-0.2, 0) is 7.05 Å². The molecule has 0 saturated heterocycles. The summed E-state index contributed by atoms with van der Waals surface area (Å²) in [5, 5.41) is 1.72. The Morgan fingerprint density at radius 2 is 2.18 bits per heavy atom. The fourth-order valence-corrected chi connectivity index (χ4v) is 1.75. The van der Waals surface area contributed by atoms with Crippen LogP contribution in [0.5, 0.6) is 0 Å². The summed E-state index contributed by atoms with van der Waals surface area (Å²) in [5.41, 5.74) is 1.09. The zero-order valence-corrected chi connectivity index (χ0v) is 8.27. The van der Waals surface area contributed by atoms with Crippen LogP contribution in [0.1, 0.15) is 19.5 Å². The predicted octanol–water partition coefficient (Wildman–Crippen LogP) is 2.23. The minimum Gasteiger partial charge on any atom is -0.329 e. The SMILES string of the molecule is Cc1cn(C)c(SC(C)C)n1. The Labute approximate surface area is 72.0 Å². The molecule has 1 aromatic rings. The van der Waals surface area contributed by atoms with Crippen molar-refractivity contribution < 1.29 is 0 Å². The molecule has 0 radical (unpaired) electrons. The number of aryl methyl sites for hydroxylation is 2. The van der Waals surface area contributed by atoms with Gasteiger partial charge >= 0.3 is 0 Å². The quantitative estimate of drug-likeness (QED) is 0.633. The maximum atomic E-state index is 4.38. The molecule has 0 saturated carbocycles. The molecule has 0 aliphatic rings. The van der Waals surface area contributed by atoms with E-state index in [1.807, 2.05) is 20.2 Å². The minimum atomic E-state index is 0.607. The molecule has 2 nitrogen and oxygen atoms in total. The second-order valence-corrected chi connectivity index (χ2v) is 4.49. The van der Waals surface area contributed by atoms with Gasteiger partial charge in [0, 0.05) is 18.5 Å². The first-order valence-electron chi connectivity index (χ1n) is 3.76. The first kappa shape index (κ1) is 8.65. The number of nitrogens with zero attached hydrogens (tertiary/aromatic N) is 2. The van der Waals surface area contributed by atoms with E-state index >= 15 is 0 Å². The Kier molecular flexibility index (Phi) is 2.60. The van der Waals surface area contributed by atoms with E-state index in [1.54, 1.807) is 11.8 Å². The minimum absolute atomic E-state index is 0.607. The van der Waals surface area contributed by atoms with Crippen molar-refractivity contribution in [2.75, 3.05) is 0 Å². The van der Waals surface area contributed by atoms with Gasteiger partial charge in [-0.2, -0.15) is 0 Å². The number of rotatable bonds is 2. The molecule has 0 amide bonds. The molecule has 0 N–H and O–H groups in total. The number of thioether (sulfide) groups is 1. The van der Waals surface area contributed by atoms with Crippen LogP contribution < -0.4 is 0 Å². The van der Waals surface area contributed by atoms with Gasteiger partial charge in [-0.15, -0.1) is 0 Å². The summed E-state index contributed by atoms with van der Waals surface area (Å²) < 4.78 is 2.07. The third-order valence-electron chi connectivity index (χ3n) is 1.30.